The first kappa shape index (κ1) is 10.2. The van der Waals surface area contributed by atoms with E-state index in [1.54, 1.807) is 0 Å². The molecule has 1 aliphatic rings. The van der Waals surface area contributed by atoms with Crippen molar-refractivity contribution in [1.82, 2.24) is 4.90 Å². The standard InChI is InChI=1S/C13H15NO/c1-2-13(12-6-4-3-5-7-12)14-8-10-15-11-9-14/h1,3-7,13H,8-11H2. The molecule has 1 aromatic carbocycles. The second-order valence-electron chi connectivity index (χ2n) is 3.63. The van der Waals surface area contributed by atoms with Crippen LogP contribution in [0.5, 0.6) is 0 Å². The Morgan fingerprint density at radius 3 is 2.47 bits per heavy atom. The van der Waals surface area contributed by atoms with Gasteiger partial charge < -0.3 is 4.74 Å². The maximum absolute atomic E-state index is 5.60. The van der Waals surface area contributed by atoms with E-state index in [1.165, 1.54) is 5.56 Å². The summed E-state index contributed by atoms with van der Waals surface area (Å²) in [6, 6.07) is 10.3. The Morgan fingerprint density at radius 1 is 1.20 bits per heavy atom. The lowest BCUT2D eigenvalue weighted by molar-refractivity contribution is 0.0270. The molecule has 1 atom stereocenters. The Kier molecular flexibility index (Phi) is 3.39. The largest absolute Gasteiger partial charge is 0.379 e. The van der Waals surface area contributed by atoms with E-state index in [1.807, 2.05) is 18.2 Å². The summed E-state index contributed by atoms with van der Waals surface area (Å²) in [4.78, 5) is 2.29. The van der Waals surface area contributed by atoms with Crippen LogP contribution in [0.3, 0.4) is 0 Å². The van der Waals surface area contributed by atoms with E-state index in [2.05, 4.69) is 23.0 Å². The SMILES string of the molecule is C#CC(c1ccccc1)N1CCOCC1. The number of terminal acetylenes is 1. The van der Waals surface area contributed by atoms with Crippen molar-refractivity contribution in [3.05, 3.63) is 35.9 Å². The minimum Gasteiger partial charge on any atom is -0.379 e. The van der Waals surface area contributed by atoms with Gasteiger partial charge in [0.1, 0.15) is 0 Å². The molecule has 1 aliphatic heterocycles. The number of morpholine rings is 1. The Hall–Kier alpha value is -1.30. The minimum absolute atomic E-state index is 0.0927. The van der Waals surface area contributed by atoms with Crippen LogP contribution in [-0.2, 0) is 4.74 Å². The van der Waals surface area contributed by atoms with Gasteiger partial charge in [-0.2, -0.15) is 0 Å². The Bertz CT molecular complexity index is 335. The Morgan fingerprint density at radius 2 is 1.87 bits per heavy atom. The van der Waals surface area contributed by atoms with Crippen LogP contribution in [0.1, 0.15) is 11.6 Å². The Balaban J connectivity index is 2.14. The monoisotopic (exact) mass is 201 g/mol. The summed E-state index contributed by atoms with van der Waals surface area (Å²) >= 11 is 0. The maximum Gasteiger partial charge on any atom is 0.0969 e. The normalized spacial score (nSPS) is 19.4. The second-order valence-corrected chi connectivity index (χ2v) is 3.63. The molecule has 0 N–H and O–H groups in total. The highest BCUT2D eigenvalue weighted by Crippen LogP contribution is 2.20. The fraction of sp³-hybridized carbons (Fsp3) is 0.385. The van der Waals surface area contributed by atoms with Gasteiger partial charge in [-0.25, -0.2) is 0 Å². The van der Waals surface area contributed by atoms with Crippen molar-refractivity contribution < 1.29 is 4.74 Å². The van der Waals surface area contributed by atoms with Crippen molar-refractivity contribution in [3.63, 3.8) is 0 Å². The number of hydrogen-bond acceptors (Lipinski definition) is 2. The van der Waals surface area contributed by atoms with Crippen molar-refractivity contribution in [2.45, 2.75) is 6.04 Å². The van der Waals surface area contributed by atoms with Gasteiger partial charge in [0.15, 0.2) is 0 Å². The van der Waals surface area contributed by atoms with Crippen molar-refractivity contribution in [3.8, 4) is 12.3 Å². The molecule has 2 nitrogen and oxygen atoms in total. The molecule has 0 saturated carbocycles. The molecule has 0 aromatic heterocycles. The zero-order valence-electron chi connectivity index (χ0n) is 8.73. The fourth-order valence-corrected chi connectivity index (χ4v) is 1.88. The van der Waals surface area contributed by atoms with Crippen LogP contribution < -0.4 is 0 Å². The molecule has 0 spiro atoms. The van der Waals surface area contributed by atoms with Crippen LogP contribution in [0.25, 0.3) is 0 Å². The summed E-state index contributed by atoms with van der Waals surface area (Å²) in [6.07, 6.45) is 5.60. The third kappa shape index (κ3) is 2.38. The predicted octanol–water partition coefficient (Wildman–Crippen LogP) is 1.69. The summed E-state index contributed by atoms with van der Waals surface area (Å²) in [5.74, 6) is 2.86. The zero-order valence-corrected chi connectivity index (χ0v) is 8.73. The minimum atomic E-state index is 0.0927. The number of ether oxygens (including phenoxy) is 1. The summed E-state index contributed by atoms with van der Waals surface area (Å²) in [7, 11) is 0. The molecule has 0 bridgehead atoms. The highest BCUT2D eigenvalue weighted by Gasteiger charge is 2.19. The van der Waals surface area contributed by atoms with E-state index >= 15 is 0 Å². The number of nitrogens with zero attached hydrogens (tertiary/aromatic N) is 1. The van der Waals surface area contributed by atoms with Gasteiger partial charge in [-0.15, -0.1) is 6.42 Å². The lowest BCUT2D eigenvalue weighted by Crippen LogP contribution is -2.38. The van der Waals surface area contributed by atoms with Crippen LogP contribution in [0, 0.1) is 12.3 Å². The first-order valence-electron chi connectivity index (χ1n) is 5.24. The van der Waals surface area contributed by atoms with E-state index in [0.717, 1.165) is 26.3 Å². The smallest absolute Gasteiger partial charge is 0.0969 e. The quantitative estimate of drug-likeness (QED) is 0.675. The third-order valence-corrected chi connectivity index (χ3v) is 2.68. The lowest BCUT2D eigenvalue weighted by Gasteiger charge is -2.31. The predicted molar refractivity (Wildman–Crippen MR) is 60.4 cm³/mol. The molecule has 1 aromatic rings. The zero-order chi connectivity index (χ0) is 10.5. The molecule has 1 fully saturated rings. The van der Waals surface area contributed by atoms with Crippen LogP contribution >= 0.6 is 0 Å². The van der Waals surface area contributed by atoms with Crippen molar-refractivity contribution in [1.29, 1.82) is 0 Å². The second kappa shape index (κ2) is 4.97. The molecule has 0 aliphatic carbocycles. The summed E-state index contributed by atoms with van der Waals surface area (Å²) in [6.45, 7) is 3.41. The van der Waals surface area contributed by atoms with Gasteiger partial charge in [-0.05, 0) is 5.56 Å². The van der Waals surface area contributed by atoms with Gasteiger partial charge in [0.25, 0.3) is 0 Å². The molecule has 1 saturated heterocycles. The van der Waals surface area contributed by atoms with E-state index in [0.29, 0.717) is 0 Å². The van der Waals surface area contributed by atoms with E-state index in [4.69, 9.17) is 11.2 Å². The molecule has 2 heteroatoms. The molecule has 1 heterocycles. The molecule has 0 radical (unpaired) electrons. The first-order chi connectivity index (χ1) is 7.42. The molecule has 0 amide bonds. The van der Waals surface area contributed by atoms with Crippen molar-refractivity contribution in [2.24, 2.45) is 0 Å². The summed E-state index contributed by atoms with van der Waals surface area (Å²) in [5.41, 5.74) is 1.20. The summed E-state index contributed by atoms with van der Waals surface area (Å²) < 4.78 is 5.32. The van der Waals surface area contributed by atoms with E-state index in [9.17, 15) is 0 Å². The van der Waals surface area contributed by atoms with Gasteiger partial charge in [-0.1, -0.05) is 36.3 Å². The number of hydrogen-bond donors (Lipinski definition) is 0. The highest BCUT2D eigenvalue weighted by atomic mass is 16.5. The fourth-order valence-electron chi connectivity index (χ4n) is 1.88. The van der Waals surface area contributed by atoms with Gasteiger partial charge in [-0.3, -0.25) is 4.90 Å². The Labute approximate surface area is 90.9 Å². The molecule has 1 unspecified atom stereocenters. The van der Waals surface area contributed by atoms with Crippen LogP contribution in [0.15, 0.2) is 30.3 Å². The highest BCUT2D eigenvalue weighted by molar-refractivity contribution is 5.25. The molecule has 78 valence electrons. The van der Waals surface area contributed by atoms with Gasteiger partial charge >= 0.3 is 0 Å². The van der Waals surface area contributed by atoms with Crippen LogP contribution in [0.2, 0.25) is 0 Å². The van der Waals surface area contributed by atoms with Gasteiger partial charge in [0.2, 0.25) is 0 Å². The lowest BCUT2D eigenvalue weighted by atomic mass is 10.1. The van der Waals surface area contributed by atoms with Crippen LogP contribution in [-0.4, -0.2) is 31.2 Å². The van der Waals surface area contributed by atoms with Crippen molar-refractivity contribution in [2.75, 3.05) is 26.3 Å². The topological polar surface area (TPSA) is 12.5 Å². The van der Waals surface area contributed by atoms with Crippen LogP contribution in [0.4, 0.5) is 0 Å². The average molecular weight is 201 g/mol. The average Bonchev–Trinajstić information content (AvgIpc) is 2.33. The molecule has 15 heavy (non-hydrogen) atoms. The maximum atomic E-state index is 5.60. The molecule has 2 rings (SSSR count). The van der Waals surface area contributed by atoms with Gasteiger partial charge in [0.05, 0.1) is 19.3 Å². The summed E-state index contributed by atoms with van der Waals surface area (Å²) in [5, 5.41) is 0. The van der Waals surface area contributed by atoms with E-state index in [-0.39, 0.29) is 6.04 Å². The van der Waals surface area contributed by atoms with Gasteiger partial charge in [0, 0.05) is 13.1 Å². The van der Waals surface area contributed by atoms with E-state index < -0.39 is 0 Å². The number of benzene rings is 1. The molecular weight excluding hydrogens is 186 g/mol. The van der Waals surface area contributed by atoms with Crippen molar-refractivity contribution >= 4 is 0 Å². The first-order valence-corrected chi connectivity index (χ1v) is 5.24. The number of rotatable bonds is 2. The third-order valence-electron chi connectivity index (χ3n) is 2.68. The molecular formula is C13H15NO.